The van der Waals surface area contributed by atoms with Crippen LogP contribution in [0.1, 0.15) is 44.0 Å². The summed E-state index contributed by atoms with van der Waals surface area (Å²) in [7, 11) is 0. The molecule has 0 aliphatic heterocycles. The number of carbonyl (C=O) groups is 2. The molecule has 0 aliphatic carbocycles. The molecule has 4 nitrogen and oxygen atoms in total. The number of amides is 1. The van der Waals surface area contributed by atoms with Crippen LogP contribution in [0.5, 0.6) is 0 Å². The highest BCUT2D eigenvalue weighted by atomic mass is 16.3. The number of nitrogens with one attached hydrogen (secondary N) is 1. The average molecular weight is 277 g/mol. The molecular formula is C16H23NO3. The third kappa shape index (κ3) is 5.53. The number of aliphatic hydroxyl groups excluding tert-OH is 1. The Kier molecular flexibility index (Phi) is 5.89. The van der Waals surface area contributed by atoms with Crippen molar-refractivity contribution < 1.29 is 14.7 Å². The molecule has 110 valence electrons. The van der Waals surface area contributed by atoms with Gasteiger partial charge in [-0.05, 0) is 5.41 Å². The van der Waals surface area contributed by atoms with E-state index in [-0.39, 0.29) is 36.5 Å². The summed E-state index contributed by atoms with van der Waals surface area (Å²) >= 11 is 0. The summed E-state index contributed by atoms with van der Waals surface area (Å²) in [6, 6.07) is 8.92. The van der Waals surface area contributed by atoms with Gasteiger partial charge in [-0.3, -0.25) is 9.59 Å². The number of benzene rings is 1. The van der Waals surface area contributed by atoms with E-state index in [1.165, 1.54) is 0 Å². The zero-order valence-corrected chi connectivity index (χ0v) is 12.3. The molecule has 1 atom stereocenters. The number of carbonyl (C=O) groups excluding carboxylic acids is 2. The largest absolute Gasteiger partial charge is 0.391 e. The number of aliphatic hydroxyl groups is 1. The summed E-state index contributed by atoms with van der Waals surface area (Å²) < 4.78 is 0. The molecule has 0 spiro atoms. The van der Waals surface area contributed by atoms with Crippen LogP contribution in [0, 0.1) is 5.41 Å². The SMILES string of the molecule is CC(C)(C)C(O)CNC(=O)CCC(=O)c1ccccc1. The fourth-order valence-electron chi connectivity index (χ4n) is 1.60. The quantitative estimate of drug-likeness (QED) is 0.783. The number of ketones is 1. The second-order valence-electron chi connectivity index (χ2n) is 5.98. The summed E-state index contributed by atoms with van der Waals surface area (Å²) in [6.45, 7) is 5.93. The minimum absolute atomic E-state index is 0.0443. The molecule has 0 aromatic heterocycles. The molecule has 1 aromatic carbocycles. The van der Waals surface area contributed by atoms with Gasteiger partial charge in [0.2, 0.25) is 5.91 Å². The molecule has 1 unspecified atom stereocenters. The van der Waals surface area contributed by atoms with E-state index in [0.717, 1.165) is 0 Å². The number of rotatable bonds is 6. The Morgan fingerprint density at radius 2 is 1.75 bits per heavy atom. The van der Waals surface area contributed by atoms with Gasteiger partial charge < -0.3 is 10.4 Å². The normalized spacial score (nSPS) is 12.8. The van der Waals surface area contributed by atoms with Crippen molar-refractivity contribution in [2.45, 2.75) is 39.7 Å². The van der Waals surface area contributed by atoms with Crippen molar-refractivity contribution in [1.82, 2.24) is 5.32 Å². The van der Waals surface area contributed by atoms with Gasteiger partial charge in [-0.1, -0.05) is 51.1 Å². The fourth-order valence-corrected chi connectivity index (χ4v) is 1.60. The number of hydrogen-bond donors (Lipinski definition) is 2. The average Bonchev–Trinajstić information content (AvgIpc) is 2.41. The number of hydrogen-bond acceptors (Lipinski definition) is 3. The minimum atomic E-state index is -0.601. The van der Waals surface area contributed by atoms with Gasteiger partial charge in [0.1, 0.15) is 0 Å². The lowest BCUT2D eigenvalue weighted by atomic mass is 9.89. The highest BCUT2D eigenvalue weighted by molar-refractivity contribution is 5.97. The molecule has 20 heavy (non-hydrogen) atoms. The Morgan fingerprint density at radius 1 is 1.15 bits per heavy atom. The van der Waals surface area contributed by atoms with E-state index in [9.17, 15) is 14.7 Å². The molecule has 0 heterocycles. The lowest BCUT2D eigenvalue weighted by Crippen LogP contribution is -2.39. The first kappa shape index (κ1) is 16.4. The number of Topliss-reactive ketones (excluding diaryl/α,β-unsaturated/α-hetero) is 1. The monoisotopic (exact) mass is 277 g/mol. The molecule has 1 aromatic rings. The van der Waals surface area contributed by atoms with Gasteiger partial charge in [0, 0.05) is 24.9 Å². The summed E-state index contributed by atoms with van der Waals surface area (Å²) in [5.41, 5.74) is 0.350. The van der Waals surface area contributed by atoms with E-state index in [1.54, 1.807) is 24.3 Å². The van der Waals surface area contributed by atoms with Gasteiger partial charge in [-0.15, -0.1) is 0 Å². The molecule has 0 bridgehead atoms. The molecule has 0 saturated carbocycles. The van der Waals surface area contributed by atoms with Crippen LogP contribution >= 0.6 is 0 Å². The second kappa shape index (κ2) is 7.20. The molecular weight excluding hydrogens is 254 g/mol. The van der Waals surface area contributed by atoms with Gasteiger partial charge in [-0.2, -0.15) is 0 Å². The zero-order chi connectivity index (χ0) is 15.2. The van der Waals surface area contributed by atoms with Crippen molar-refractivity contribution in [2.24, 2.45) is 5.41 Å². The van der Waals surface area contributed by atoms with E-state index < -0.39 is 6.10 Å². The molecule has 2 N–H and O–H groups in total. The van der Waals surface area contributed by atoms with Gasteiger partial charge in [0.25, 0.3) is 0 Å². The van der Waals surface area contributed by atoms with Crippen LogP contribution in [0.15, 0.2) is 30.3 Å². The predicted octanol–water partition coefficient (Wildman–Crippen LogP) is 2.17. The zero-order valence-electron chi connectivity index (χ0n) is 12.3. The molecule has 0 aliphatic rings. The highest BCUT2D eigenvalue weighted by Crippen LogP contribution is 2.18. The van der Waals surface area contributed by atoms with Crippen molar-refractivity contribution >= 4 is 11.7 Å². The van der Waals surface area contributed by atoms with Crippen LogP contribution in [0.25, 0.3) is 0 Å². The van der Waals surface area contributed by atoms with Crippen LogP contribution in [0.2, 0.25) is 0 Å². The van der Waals surface area contributed by atoms with E-state index in [1.807, 2.05) is 26.8 Å². The van der Waals surface area contributed by atoms with Crippen molar-refractivity contribution in [1.29, 1.82) is 0 Å². The maximum atomic E-state index is 11.8. The second-order valence-corrected chi connectivity index (χ2v) is 5.98. The molecule has 0 radical (unpaired) electrons. The Bertz CT molecular complexity index is 449. The first-order valence-electron chi connectivity index (χ1n) is 6.83. The van der Waals surface area contributed by atoms with E-state index in [4.69, 9.17) is 0 Å². The maximum absolute atomic E-state index is 11.8. The van der Waals surface area contributed by atoms with Crippen molar-refractivity contribution in [3.63, 3.8) is 0 Å². The van der Waals surface area contributed by atoms with E-state index in [2.05, 4.69) is 5.32 Å². The van der Waals surface area contributed by atoms with E-state index in [0.29, 0.717) is 5.56 Å². The van der Waals surface area contributed by atoms with Gasteiger partial charge in [0.05, 0.1) is 6.10 Å². The summed E-state index contributed by atoms with van der Waals surface area (Å²) in [6.07, 6.45) is -0.275. The summed E-state index contributed by atoms with van der Waals surface area (Å²) in [4.78, 5) is 23.5. The predicted molar refractivity (Wildman–Crippen MR) is 78.5 cm³/mol. The van der Waals surface area contributed by atoms with Crippen LogP contribution in [-0.4, -0.2) is 29.4 Å². The smallest absolute Gasteiger partial charge is 0.220 e. The third-order valence-corrected chi connectivity index (χ3v) is 3.17. The van der Waals surface area contributed by atoms with Crippen molar-refractivity contribution in [3.8, 4) is 0 Å². The summed E-state index contributed by atoms with van der Waals surface area (Å²) in [5.74, 6) is -0.255. The topological polar surface area (TPSA) is 66.4 Å². The maximum Gasteiger partial charge on any atom is 0.220 e. The van der Waals surface area contributed by atoms with Crippen LogP contribution in [0.4, 0.5) is 0 Å². The lowest BCUT2D eigenvalue weighted by molar-refractivity contribution is -0.121. The molecule has 0 saturated heterocycles. The Balaban J connectivity index is 2.32. The van der Waals surface area contributed by atoms with Crippen molar-refractivity contribution in [3.05, 3.63) is 35.9 Å². The Morgan fingerprint density at radius 3 is 2.30 bits per heavy atom. The summed E-state index contributed by atoms with van der Waals surface area (Å²) in [5, 5.41) is 12.5. The molecule has 0 fully saturated rings. The van der Waals surface area contributed by atoms with Gasteiger partial charge in [0.15, 0.2) is 5.78 Å². The van der Waals surface area contributed by atoms with Gasteiger partial charge >= 0.3 is 0 Å². The van der Waals surface area contributed by atoms with Crippen LogP contribution in [0.3, 0.4) is 0 Å². The molecule has 1 rings (SSSR count). The Labute approximate surface area is 120 Å². The third-order valence-electron chi connectivity index (χ3n) is 3.17. The van der Waals surface area contributed by atoms with Gasteiger partial charge in [-0.25, -0.2) is 0 Å². The molecule has 1 amide bonds. The fraction of sp³-hybridized carbons (Fsp3) is 0.500. The van der Waals surface area contributed by atoms with E-state index >= 15 is 0 Å². The van der Waals surface area contributed by atoms with Crippen LogP contribution in [-0.2, 0) is 4.79 Å². The first-order valence-corrected chi connectivity index (χ1v) is 6.83. The Hall–Kier alpha value is -1.68. The van der Waals surface area contributed by atoms with Crippen LogP contribution < -0.4 is 5.32 Å². The molecule has 4 heteroatoms. The van der Waals surface area contributed by atoms with Crippen molar-refractivity contribution in [2.75, 3.05) is 6.54 Å². The highest BCUT2D eigenvalue weighted by Gasteiger charge is 2.22. The lowest BCUT2D eigenvalue weighted by Gasteiger charge is -2.25. The minimum Gasteiger partial charge on any atom is -0.391 e. The first-order chi connectivity index (χ1) is 9.30. The standard InChI is InChI=1S/C16H23NO3/c1-16(2,3)14(19)11-17-15(20)10-9-13(18)12-7-5-4-6-8-12/h4-8,14,19H,9-11H2,1-3H3,(H,17,20).